The zero-order valence-corrected chi connectivity index (χ0v) is 12.3. The monoisotopic (exact) mass is 302 g/mol. The van der Waals surface area contributed by atoms with E-state index in [4.69, 9.17) is 16.3 Å². The van der Waals surface area contributed by atoms with Crippen molar-refractivity contribution in [3.8, 4) is 11.5 Å². The minimum Gasteiger partial charge on any atom is -0.504 e. The first-order valence-corrected chi connectivity index (χ1v) is 6.91. The summed E-state index contributed by atoms with van der Waals surface area (Å²) in [6.45, 7) is 2.30. The van der Waals surface area contributed by atoms with Gasteiger partial charge >= 0.3 is 0 Å². The van der Waals surface area contributed by atoms with Gasteiger partial charge < -0.3 is 9.84 Å². The second-order valence-electron chi connectivity index (χ2n) is 4.37. The topological polar surface area (TPSA) is 46.5 Å². The molecule has 0 fully saturated rings. The van der Waals surface area contributed by atoms with Crippen LogP contribution in [0.2, 0.25) is 5.02 Å². The smallest absolute Gasteiger partial charge is 0.185 e. The number of carbonyl (C=O) groups excluding carboxylic acids is 1. The van der Waals surface area contributed by atoms with Crippen molar-refractivity contribution in [2.75, 3.05) is 6.61 Å². The fourth-order valence-corrected chi connectivity index (χ4v) is 2.01. The van der Waals surface area contributed by atoms with E-state index in [2.05, 4.69) is 0 Å². The lowest BCUT2D eigenvalue weighted by Gasteiger charge is -2.06. The largest absolute Gasteiger partial charge is 0.504 e. The number of allylic oxidation sites excluding steroid dienone is 1. The SMILES string of the molecule is CCOc1cc(/C=C/C(=O)c2cccc(Cl)c2)ccc1O. The number of aromatic hydroxyl groups is 1. The molecule has 0 aliphatic rings. The summed E-state index contributed by atoms with van der Waals surface area (Å²) in [7, 11) is 0. The van der Waals surface area contributed by atoms with Crippen molar-refractivity contribution in [1.29, 1.82) is 0 Å². The van der Waals surface area contributed by atoms with Gasteiger partial charge in [-0.25, -0.2) is 0 Å². The number of rotatable bonds is 5. The molecular weight excluding hydrogens is 288 g/mol. The first kappa shape index (κ1) is 15.1. The molecule has 0 unspecified atom stereocenters. The van der Waals surface area contributed by atoms with E-state index < -0.39 is 0 Å². The average Bonchev–Trinajstić information content (AvgIpc) is 2.48. The molecular formula is C17H15ClO3. The molecule has 0 heterocycles. The van der Waals surface area contributed by atoms with Crippen LogP contribution in [0.25, 0.3) is 6.08 Å². The van der Waals surface area contributed by atoms with E-state index in [1.165, 1.54) is 12.1 Å². The van der Waals surface area contributed by atoms with Gasteiger partial charge in [-0.1, -0.05) is 35.9 Å². The fraction of sp³-hybridized carbons (Fsp3) is 0.118. The van der Waals surface area contributed by atoms with Gasteiger partial charge in [0.2, 0.25) is 0 Å². The molecule has 3 nitrogen and oxygen atoms in total. The van der Waals surface area contributed by atoms with Crippen molar-refractivity contribution in [2.45, 2.75) is 6.92 Å². The summed E-state index contributed by atoms with van der Waals surface area (Å²) in [6, 6.07) is 11.7. The second kappa shape index (κ2) is 6.95. The normalized spacial score (nSPS) is 10.8. The molecule has 0 aromatic heterocycles. The second-order valence-corrected chi connectivity index (χ2v) is 4.80. The van der Waals surface area contributed by atoms with Gasteiger partial charge in [-0.2, -0.15) is 0 Å². The summed E-state index contributed by atoms with van der Waals surface area (Å²) in [5.74, 6) is 0.341. The highest BCUT2D eigenvalue weighted by molar-refractivity contribution is 6.31. The van der Waals surface area contributed by atoms with Crippen LogP contribution in [0.5, 0.6) is 11.5 Å². The molecule has 0 saturated carbocycles. The molecule has 0 saturated heterocycles. The van der Waals surface area contributed by atoms with Crippen molar-refractivity contribution in [3.63, 3.8) is 0 Å². The minimum absolute atomic E-state index is 0.0789. The van der Waals surface area contributed by atoms with Crippen molar-refractivity contribution in [1.82, 2.24) is 0 Å². The predicted molar refractivity (Wildman–Crippen MR) is 84.1 cm³/mol. The van der Waals surface area contributed by atoms with Gasteiger partial charge in [-0.15, -0.1) is 0 Å². The Labute approximate surface area is 128 Å². The van der Waals surface area contributed by atoms with E-state index in [1.807, 2.05) is 6.92 Å². The molecule has 108 valence electrons. The summed E-state index contributed by atoms with van der Waals surface area (Å²) < 4.78 is 5.30. The third kappa shape index (κ3) is 4.10. The molecule has 0 bridgehead atoms. The zero-order chi connectivity index (χ0) is 15.2. The highest BCUT2D eigenvalue weighted by Gasteiger charge is 2.04. The van der Waals surface area contributed by atoms with Crippen molar-refractivity contribution in [3.05, 3.63) is 64.7 Å². The Morgan fingerprint density at radius 3 is 2.81 bits per heavy atom. The molecule has 0 radical (unpaired) electrons. The summed E-state index contributed by atoms with van der Waals surface area (Å²) in [6.07, 6.45) is 3.14. The molecule has 0 aliphatic carbocycles. The third-order valence-corrected chi connectivity index (χ3v) is 3.06. The van der Waals surface area contributed by atoms with Crippen LogP contribution in [-0.4, -0.2) is 17.5 Å². The number of benzene rings is 2. The fourth-order valence-electron chi connectivity index (χ4n) is 1.82. The molecule has 0 spiro atoms. The molecule has 2 aromatic carbocycles. The van der Waals surface area contributed by atoms with Crippen LogP contribution in [0, 0.1) is 0 Å². The number of hydrogen-bond acceptors (Lipinski definition) is 3. The number of carbonyl (C=O) groups is 1. The van der Waals surface area contributed by atoms with Crippen LogP contribution < -0.4 is 4.74 Å². The predicted octanol–water partition coefficient (Wildman–Crippen LogP) is 4.34. The van der Waals surface area contributed by atoms with E-state index >= 15 is 0 Å². The first-order valence-electron chi connectivity index (χ1n) is 6.54. The Bertz CT molecular complexity index is 677. The number of phenolic OH excluding ortho intramolecular Hbond substituents is 1. The van der Waals surface area contributed by atoms with Gasteiger partial charge in [0, 0.05) is 10.6 Å². The van der Waals surface area contributed by atoms with Crippen LogP contribution in [0.3, 0.4) is 0 Å². The summed E-state index contributed by atoms with van der Waals surface area (Å²) >= 11 is 5.86. The maximum Gasteiger partial charge on any atom is 0.185 e. The maximum atomic E-state index is 12.0. The number of halogens is 1. The lowest BCUT2D eigenvalue weighted by Crippen LogP contribution is -1.94. The number of ketones is 1. The van der Waals surface area contributed by atoms with Gasteiger partial charge in [-0.3, -0.25) is 4.79 Å². The van der Waals surface area contributed by atoms with Gasteiger partial charge in [0.15, 0.2) is 17.3 Å². The molecule has 2 rings (SSSR count). The average molecular weight is 303 g/mol. The summed E-state index contributed by atoms with van der Waals surface area (Å²) in [5, 5.41) is 10.1. The molecule has 0 atom stereocenters. The molecule has 4 heteroatoms. The Balaban J connectivity index is 2.17. The third-order valence-electron chi connectivity index (χ3n) is 2.82. The maximum absolute atomic E-state index is 12.0. The van der Waals surface area contributed by atoms with Crippen molar-refractivity contribution in [2.24, 2.45) is 0 Å². The Hall–Kier alpha value is -2.26. The molecule has 21 heavy (non-hydrogen) atoms. The van der Waals surface area contributed by atoms with E-state index in [9.17, 15) is 9.90 Å². The van der Waals surface area contributed by atoms with Gasteiger partial charge in [-0.05, 0) is 42.8 Å². The summed E-state index contributed by atoms with van der Waals surface area (Å²) in [5.41, 5.74) is 1.30. The van der Waals surface area contributed by atoms with E-state index in [-0.39, 0.29) is 11.5 Å². The number of phenols is 1. The van der Waals surface area contributed by atoms with E-state index in [1.54, 1.807) is 42.5 Å². The lowest BCUT2D eigenvalue weighted by molar-refractivity contribution is 0.104. The van der Waals surface area contributed by atoms with Crippen LogP contribution in [0.15, 0.2) is 48.5 Å². The Morgan fingerprint density at radius 1 is 1.29 bits per heavy atom. The van der Waals surface area contributed by atoms with Crippen LogP contribution in [-0.2, 0) is 0 Å². The number of ether oxygens (including phenoxy) is 1. The van der Waals surface area contributed by atoms with Crippen LogP contribution in [0.4, 0.5) is 0 Å². The van der Waals surface area contributed by atoms with Crippen LogP contribution >= 0.6 is 11.6 Å². The molecule has 0 amide bonds. The standard InChI is InChI=1S/C17H15ClO3/c1-2-21-17-10-12(7-9-16(17)20)6-8-15(19)13-4-3-5-14(18)11-13/h3-11,20H,2H2,1H3/b8-6+. The highest BCUT2D eigenvalue weighted by Crippen LogP contribution is 2.27. The first-order chi connectivity index (χ1) is 10.1. The lowest BCUT2D eigenvalue weighted by atomic mass is 10.1. The molecule has 0 aliphatic heterocycles. The molecule has 2 aromatic rings. The minimum atomic E-state index is -0.136. The van der Waals surface area contributed by atoms with E-state index in [0.717, 1.165) is 5.56 Å². The van der Waals surface area contributed by atoms with Gasteiger partial charge in [0.1, 0.15) is 0 Å². The Kier molecular flexibility index (Phi) is 5.01. The number of hydrogen-bond donors (Lipinski definition) is 1. The van der Waals surface area contributed by atoms with Gasteiger partial charge in [0.05, 0.1) is 6.61 Å². The highest BCUT2D eigenvalue weighted by atomic mass is 35.5. The quantitative estimate of drug-likeness (QED) is 0.660. The van der Waals surface area contributed by atoms with Crippen molar-refractivity contribution >= 4 is 23.5 Å². The van der Waals surface area contributed by atoms with Crippen LogP contribution in [0.1, 0.15) is 22.8 Å². The van der Waals surface area contributed by atoms with Crippen molar-refractivity contribution < 1.29 is 14.6 Å². The zero-order valence-electron chi connectivity index (χ0n) is 11.5. The Morgan fingerprint density at radius 2 is 2.10 bits per heavy atom. The van der Waals surface area contributed by atoms with E-state index in [0.29, 0.717) is 22.9 Å². The summed E-state index contributed by atoms with van der Waals surface area (Å²) in [4.78, 5) is 12.0. The molecule has 1 N–H and O–H groups in total. The van der Waals surface area contributed by atoms with Gasteiger partial charge in [0.25, 0.3) is 0 Å².